The van der Waals surface area contributed by atoms with Crippen LogP contribution in [0, 0.1) is 0 Å². The van der Waals surface area contributed by atoms with Gasteiger partial charge in [0.25, 0.3) is 5.56 Å². The predicted molar refractivity (Wildman–Crippen MR) is 95.9 cm³/mol. The third kappa shape index (κ3) is 2.77. The van der Waals surface area contributed by atoms with Crippen LogP contribution in [-0.4, -0.2) is 31.8 Å². The van der Waals surface area contributed by atoms with Crippen LogP contribution in [0.25, 0.3) is 11.2 Å². The third-order valence-corrected chi connectivity index (χ3v) is 4.68. The van der Waals surface area contributed by atoms with Crippen LogP contribution in [0.2, 0.25) is 0 Å². The van der Waals surface area contributed by atoms with Crippen molar-refractivity contribution in [3.63, 3.8) is 0 Å². The highest BCUT2D eigenvalue weighted by atomic mass is 35.5. The van der Waals surface area contributed by atoms with Gasteiger partial charge in [-0.1, -0.05) is 17.7 Å². The second-order valence-corrected chi connectivity index (χ2v) is 6.84. The highest BCUT2D eigenvalue weighted by molar-refractivity contribution is 6.29. The highest BCUT2D eigenvalue weighted by Gasteiger charge is 2.22. The molecule has 0 saturated carbocycles. The Morgan fingerprint density at radius 1 is 1.17 bits per heavy atom. The lowest BCUT2D eigenvalue weighted by Crippen LogP contribution is -2.39. The number of halogens is 1. The van der Waals surface area contributed by atoms with Crippen molar-refractivity contribution in [3.05, 3.63) is 31.9 Å². The molecule has 24 heavy (non-hydrogen) atoms. The lowest BCUT2D eigenvalue weighted by Gasteiger charge is -2.27. The molecule has 130 valence electrons. The van der Waals surface area contributed by atoms with Crippen molar-refractivity contribution in [1.29, 1.82) is 0 Å². The standard InChI is InChI=1S/C16H22ClN5O2/c1-11(17)7-10-22-14(23)12-13(20(3)16(22)24)18-15(19(12)2)21-8-5-4-6-9-21/h7H,4-6,8-10H2,1-3H3/b11-7+. The lowest BCUT2D eigenvalue weighted by molar-refractivity contribution is 0.563. The van der Waals surface area contributed by atoms with E-state index in [1.165, 1.54) is 15.6 Å². The zero-order valence-corrected chi connectivity index (χ0v) is 15.0. The van der Waals surface area contributed by atoms with Gasteiger partial charge in [-0.2, -0.15) is 4.98 Å². The van der Waals surface area contributed by atoms with E-state index >= 15 is 0 Å². The van der Waals surface area contributed by atoms with E-state index < -0.39 is 0 Å². The van der Waals surface area contributed by atoms with Gasteiger partial charge in [0.2, 0.25) is 5.95 Å². The largest absolute Gasteiger partial charge is 0.342 e. The maximum Gasteiger partial charge on any atom is 0.332 e. The van der Waals surface area contributed by atoms with Crippen LogP contribution >= 0.6 is 11.6 Å². The molecular weight excluding hydrogens is 330 g/mol. The number of nitrogens with zero attached hydrogens (tertiary/aromatic N) is 5. The van der Waals surface area contributed by atoms with Gasteiger partial charge in [0.15, 0.2) is 11.2 Å². The van der Waals surface area contributed by atoms with Gasteiger partial charge in [-0.15, -0.1) is 0 Å². The minimum Gasteiger partial charge on any atom is -0.342 e. The minimum absolute atomic E-state index is 0.154. The lowest BCUT2D eigenvalue weighted by atomic mass is 10.1. The number of hydrogen-bond donors (Lipinski definition) is 0. The van der Waals surface area contributed by atoms with E-state index in [9.17, 15) is 9.59 Å². The molecule has 1 saturated heterocycles. The highest BCUT2D eigenvalue weighted by Crippen LogP contribution is 2.21. The van der Waals surface area contributed by atoms with Crippen LogP contribution in [0.3, 0.4) is 0 Å². The summed E-state index contributed by atoms with van der Waals surface area (Å²) in [6.45, 7) is 3.72. The van der Waals surface area contributed by atoms with Crippen molar-refractivity contribution < 1.29 is 0 Å². The molecule has 2 aromatic rings. The first-order valence-electron chi connectivity index (χ1n) is 8.15. The molecule has 0 spiro atoms. The SMILES string of the molecule is C/C(Cl)=C\Cn1c(=O)c2c(nc(N3CCCCC3)n2C)n(C)c1=O. The molecule has 3 rings (SSSR count). The molecule has 1 fully saturated rings. The number of imidazole rings is 1. The first kappa shape index (κ1) is 16.8. The molecule has 1 aliphatic heterocycles. The molecule has 1 aliphatic rings. The summed E-state index contributed by atoms with van der Waals surface area (Å²) < 4.78 is 4.42. The van der Waals surface area contributed by atoms with Crippen molar-refractivity contribution in [3.8, 4) is 0 Å². The Labute approximate surface area is 144 Å². The average Bonchev–Trinajstić information content (AvgIpc) is 2.91. The quantitative estimate of drug-likeness (QED) is 0.842. The minimum atomic E-state index is -0.384. The smallest absolute Gasteiger partial charge is 0.332 e. The Kier molecular flexibility index (Phi) is 4.54. The van der Waals surface area contributed by atoms with E-state index in [2.05, 4.69) is 9.88 Å². The van der Waals surface area contributed by atoms with Crippen molar-refractivity contribution >= 4 is 28.7 Å². The fourth-order valence-electron chi connectivity index (χ4n) is 3.19. The summed E-state index contributed by atoms with van der Waals surface area (Å²) in [7, 11) is 3.48. The van der Waals surface area contributed by atoms with Gasteiger partial charge in [-0.05, 0) is 26.2 Å². The monoisotopic (exact) mass is 351 g/mol. The van der Waals surface area contributed by atoms with Crippen molar-refractivity contribution in [1.82, 2.24) is 18.7 Å². The first-order valence-corrected chi connectivity index (χ1v) is 8.53. The average molecular weight is 352 g/mol. The van der Waals surface area contributed by atoms with Crippen molar-refractivity contribution in [2.45, 2.75) is 32.7 Å². The zero-order valence-electron chi connectivity index (χ0n) is 14.3. The molecule has 0 unspecified atom stereocenters. The molecule has 2 aromatic heterocycles. The third-order valence-electron chi connectivity index (χ3n) is 4.53. The van der Waals surface area contributed by atoms with Crippen LogP contribution in [0.5, 0.6) is 0 Å². The normalized spacial score (nSPS) is 16.2. The van der Waals surface area contributed by atoms with Crippen molar-refractivity contribution in [2.24, 2.45) is 14.1 Å². The predicted octanol–water partition coefficient (Wildman–Crippen LogP) is 1.57. The van der Waals surface area contributed by atoms with E-state index in [0.29, 0.717) is 16.2 Å². The zero-order chi connectivity index (χ0) is 17.4. The second-order valence-electron chi connectivity index (χ2n) is 6.24. The second kappa shape index (κ2) is 6.47. The number of piperidine rings is 1. The summed E-state index contributed by atoms with van der Waals surface area (Å²) in [5, 5.41) is 0.545. The number of fused-ring (bicyclic) bond motifs is 1. The molecular formula is C16H22ClN5O2. The van der Waals surface area contributed by atoms with Crippen molar-refractivity contribution in [2.75, 3.05) is 18.0 Å². The number of hydrogen-bond acceptors (Lipinski definition) is 4. The summed E-state index contributed by atoms with van der Waals surface area (Å²) in [5.74, 6) is 0.749. The van der Waals surface area contributed by atoms with E-state index in [0.717, 1.165) is 31.9 Å². The van der Waals surface area contributed by atoms with Gasteiger partial charge in [0, 0.05) is 32.2 Å². The summed E-state index contributed by atoms with van der Waals surface area (Å²) in [5.41, 5.74) is 0.152. The Bertz CT molecular complexity index is 911. The van der Waals surface area contributed by atoms with Crippen LogP contribution in [0.4, 0.5) is 5.95 Å². The molecule has 7 nitrogen and oxygen atoms in total. The number of allylic oxidation sites excluding steroid dienone is 2. The maximum absolute atomic E-state index is 12.8. The molecule has 0 radical (unpaired) electrons. The number of aryl methyl sites for hydroxylation is 2. The number of anilines is 1. The number of rotatable bonds is 3. The molecule has 0 amide bonds. The van der Waals surface area contributed by atoms with E-state index in [4.69, 9.17) is 11.6 Å². The van der Waals surface area contributed by atoms with E-state index in [-0.39, 0.29) is 17.8 Å². The van der Waals surface area contributed by atoms with Crippen LogP contribution < -0.4 is 16.1 Å². The van der Waals surface area contributed by atoms with Gasteiger partial charge >= 0.3 is 5.69 Å². The van der Waals surface area contributed by atoms with Gasteiger partial charge < -0.3 is 9.47 Å². The summed E-state index contributed by atoms with van der Waals surface area (Å²) in [4.78, 5) is 32.1. The summed E-state index contributed by atoms with van der Waals surface area (Å²) in [6, 6.07) is 0. The number of aromatic nitrogens is 4. The van der Waals surface area contributed by atoms with Crippen LogP contribution in [0.15, 0.2) is 20.7 Å². The molecule has 3 heterocycles. The first-order chi connectivity index (χ1) is 11.4. The molecule has 0 aliphatic carbocycles. The Morgan fingerprint density at radius 3 is 2.46 bits per heavy atom. The fourth-order valence-corrected chi connectivity index (χ4v) is 3.26. The Balaban J connectivity index is 2.21. The summed E-state index contributed by atoms with van der Waals surface area (Å²) >= 11 is 5.84. The van der Waals surface area contributed by atoms with Gasteiger partial charge in [-0.3, -0.25) is 13.9 Å². The van der Waals surface area contributed by atoms with Gasteiger partial charge in [0.05, 0.1) is 6.54 Å². The van der Waals surface area contributed by atoms with E-state index in [1.807, 2.05) is 7.05 Å². The topological polar surface area (TPSA) is 65.1 Å². The molecule has 0 aromatic carbocycles. The van der Waals surface area contributed by atoms with Gasteiger partial charge in [0.1, 0.15) is 0 Å². The fraction of sp³-hybridized carbons (Fsp3) is 0.562. The summed E-state index contributed by atoms with van der Waals surface area (Å²) in [6.07, 6.45) is 5.10. The molecule has 0 atom stereocenters. The van der Waals surface area contributed by atoms with Crippen LogP contribution in [-0.2, 0) is 20.6 Å². The molecule has 0 bridgehead atoms. The van der Waals surface area contributed by atoms with Gasteiger partial charge in [-0.25, -0.2) is 4.79 Å². The molecule has 8 heteroatoms. The van der Waals surface area contributed by atoms with Crippen LogP contribution in [0.1, 0.15) is 26.2 Å². The maximum atomic E-state index is 12.8. The van der Waals surface area contributed by atoms with E-state index in [1.54, 1.807) is 24.6 Å². The molecule has 0 N–H and O–H groups in total. The Hall–Kier alpha value is -2.02. The Morgan fingerprint density at radius 2 is 1.83 bits per heavy atom.